The molecule has 1 rings (SSSR count). The van der Waals surface area contributed by atoms with Crippen LogP contribution in [0.1, 0.15) is 46.0 Å². The molecule has 0 aliphatic heterocycles. The maximum atomic E-state index is 11.7. The van der Waals surface area contributed by atoms with Gasteiger partial charge in [-0.1, -0.05) is 38.5 Å². The molecular weight excluding hydrogens is 224 g/mol. The van der Waals surface area contributed by atoms with E-state index in [4.69, 9.17) is 4.74 Å². The normalized spacial score (nSPS) is 24.1. The molecule has 0 aromatic rings. The minimum absolute atomic E-state index is 0.0749. The van der Waals surface area contributed by atoms with Crippen molar-refractivity contribution in [2.24, 2.45) is 17.8 Å². The summed E-state index contributed by atoms with van der Waals surface area (Å²) in [5.41, 5.74) is 1.22. The van der Waals surface area contributed by atoms with E-state index < -0.39 is 0 Å². The van der Waals surface area contributed by atoms with Gasteiger partial charge in [-0.25, -0.2) is 0 Å². The van der Waals surface area contributed by atoms with Crippen LogP contribution in [-0.2, 0) is 9.53 Å². The number of hydrogen-bond acceptors (Lipinski definition) is 2. The van der Waals surface area contributed by atoms with Crippen LogP contribution in [0, 0.1) is 17.8 Å². The number of allylic oxidation sites excluding steroid dienone is 2. The Hall–Kier alpha value is -1.05. The number of carbonyl (C=O) groups is 1. The van der Waals surface area contributed by atoms with E-state index in [2.05, 4.69) is 13.2 Å². The molecule has 2 heteroatoms. The van der Waals surface area contributed by atoms with Gasteiger partial charge in [-0.2, -0.15) is 0 Å². The highest BCUT2D eigenvalue weighted by Crippen LogP contribution is 2.37. The highest BCUT2D eigenvalue weighted by Gasteiger charge is 2.27. The lowest BCUT2D eigenvalue weighted by molar-refractivity contribution is -0.145. The second-order valence-corrected chi connectivity index (χ2v) is 5.71. The Morgan fingerprint density at radius 2 is 2.11 bits per heavy atom. The van der Waals surface area contributed by atoms with Crippen molar-refractivity contribution in [1.29, 1.82) is 0 Å². The first-order chi connectivity index (χ1) is 8.54. The Bertz CT molecular complexity index is 304. The molecule has 102 valence electrons. The van der Waals surface area contributed by atoms with Gasteiger partial charge in [-0.3, -0.25) is 4.79 Å². The third kappa shape index (κ3) is 4.67. The fourth-order valence-electron chi connectivity index (χ4n) is 2.54. The van der Waals surface area contributed by atoms with Crippen molar-refractivity contribution in [2.45, 2.75) is 46.0 Å². The highest BCUT2D eigenvalue weighted by atomic mass is 16.5. The van der Waals surface area contributed by atoms with Gasteiger partial charge in [0.05, 0.1) is 13.0 Å². The minimum Gasteiger partial charge on any atom is -0.465 e. The topological polar surface area (TPSA) is 26.3 Å². The van der Waals surface area contributed by atoms with Gasteiger partial charge in [0, 0.05) is 0 Å². The standard InChI is InChI=1S/C16H26O2/c1-5-7-14-8-6-9-15(13(14)4)10-16(17)18-11-12(2)3/h5,12,14-15H,1,4,6-11H2,2-3H3/t14?,15-/m0/s1. The second kappa shape index (κ2) is 7.40. The van der Waals surface area contributed by atoms with Gasteiger partial charge >= 0.3 is 5.97 Å². The van der Waals surface area contributed by atoms with E-state index in [1.807, 2.05) is 19.9 Å². The zero-order chi connectivity index (χ0) is 13.5. The first kappa shape index (κ1) is 15.0. The maximum Gasteiger partial charge on any atom is 0.306 e. The molecule has 0 heterocycles. The largest absolute Gasteiger partial charge is 0.465 e. The average molecular weight is 250 g/mol. The van der Waals surface area contributed by atoms with Crippen molar-refractivity contribution in [3.8, 4) is 0 Å². The molecule has 1 fully saturated rings. The Balaban J connectivity index is 2.43. The summed E-state index contributed by atoms with van der Waals surface area (Å²) >= 11 is 0. The Kier molecular flexibility index (Phi) is 6.17. The summed E-state index contributed by atoms with van der Waals surface area (Å²) in [6.45, 7) is 12.6. The third-order valence-electron chi connectivity index (χ3n) is 3.60. The van der Waals surface area contributed by atoms with E-state index in [1.54, 1.807) is 0 Å². The molecule has 0 amide bonds. The highest BCUT2D eigenvalue weighted by molar-refractivity contribution is 5.70. The van der Waals surface area contributed by atoms with Crippen LogP contribution in [0.4, 0.5) is 0 Å². The predicted octanol–water partition coefficient (Wildman–Crippen LogP) is 4.12. The molecular formula is C16H26O2. The molecule has 0 N–H and O–H groups in total. The summed E-state index contributed by atoms with van der Waals surface area (Å²) in [6.07, 6.45) is 6.87. The first-order valence-corrected chi connectivity index (χ1v) is 6.99. The second-order valence-electron chi connectivity index (χ2n) is 5.71. The molecule has 1 aliphatic rings. The maximum absolute atomic E-state index is 11.7. The lowest BCUT2D eigenvalue weighted by atomic mass is 9.75. The molecule has 0 spiro atoms. The molecule has 1 aliphatic carbocycles. The quantitative estimate of drug-likeness (QED) is 0.523. The SMILES string of the molecule is C=CCC1CCC[C@@H](CC(=O)OCC(C)C)C1=C. The average Bonchev–Trinajstić information content (AvgIpc) is 2.32. The van der Waals surface area contributed by atoms with Gasteiger partial charge in [0.15, 0.2) is 0 Å². The number of esters is 1. The summed E-state index contributed by atoms with van der Waals surface area (Å²) in [7, 11) is 0. The van der Waals surface area contributed by atoms with Crippen molar-refractivity contribution < 1.29 is 9.53 Å². The van der Waals surface area contributed by atoms with Gasteiger partial charge in [0.2, 0.25) is 0 Å². The smallest absolute Gasteiger partial charge is 0.306 e. The van der Waals surface area contributed by atoms with Gasteiger partial charge in [0.1, 0.15) is 0 Å². The molecule has 2 nitrogen and oxygen atoms in total. The van der Waals surface area contributed by atoms with Gasteiger partial charge < -0.3 is 4.74 Å². The molecule has 18 heavy (non-hydrogen) atoms. The Morgan fingerprint density at radius 3 is 2.72 bits per heavy atom. The molecule has 0 aromatic carbocycles. The first-order valence-electron chi connectivity index (χ1n) is 6.99. The molecule has 0 saturated heterocycles. The van der Waals surface area contributed by atoms with Crippen molar-refractivity contribution in [3.05, 3.63) is 24.8 Å². The van der Waals surface area contributed by atoms with E-state index in [0.717, 1.165) is 12.8 Å². The van der Waals surface area contributed by atoms with Gasteiger partial charge in [0.25, 0.3) is 0 Å². The van der Waals surface area contributed by atoms with Crippen molar-refractivity contribution in [3.63, 3.8) is 0 Å². The van der Waals surface area contributed by atoms with Crippen LogP contribution in [0.2, 0.25) is 0 Å². The summed E-state index contributed by atoms with van der Waals surface area (Å²) < 4.78 is 5.25. The van der Waals surface area contributed by atoms with E-state index in [1.165, 1.54) is 18.4 Å². The Labute approximate surface area is 111 Å². The van der Waals surface area contributed by atoms with Crippen LogP contribution in [0.15, 0.2) is 24.8 Å². The Morgan fingerprint density at radius 1 is 1.44 bits per heavy atom. The van der Waals surface area contributed by atoms with E-state index in [0.29, 0.717) is 30.8 Å². The minimum atomic E-state index is -0.0749. The number of rotatable bonds is 6. The van der Waals surface area contributed by atoms with Crippen molar-refractivity contribution in [2.75, 3.05) is 6.61 Å². The number of carbonyl (C=O) groups excluding carboxylic acids is 1. The summed E-state index contributed by atoms with van der Waals surface area (Å²) in [5.74, 6) is 1.15. The zero-order valence-corrected chi connectivity index (χ0v) is 11.8. The fourth-order valence-corrected chi connectivity index (χ4v) is 2.54. The van der Waals surface area contributed by atoms with Crippen LogP contribution in [0.5, 0.6) is 0 Å². The molecule has 0 bridgehead atoms. The molecule has 2 atom stereocenters. The molecule has 1 unspecified atom stereocenters. The lowest BCUT2D eigenvalue weighted by Gasteiger charge is -2.31. The van der Waals surface area contributed by atoms with E-state index in [9.17, 15) is 4.79 Å². The lowest BCUT2D eigenvalue weighted by Crippen LogP contribution is -2.22. The van der Waals surface area contributed by atoms with E-state index >= 15 is 0 Å². The van der Waals surface area contributed by atoms with Crippen LogP contribution < -0.4 is 0 Å². The van der Waals surface area contributed by atoms with Crippen LogP contribution in [-0.4, -0.2) is 12.6 Å². The fraction of sp³-hybridized carbons (Fsp3) is 0.688. The monoisotopic (exact) mass is 250 g/mol. The molecule has 0 aromatic heterocycles. The van der Waals surface area contributed by atoms with Crippen molar-refractivity contribution >= 4 is 5.97 Å². The van der Waals surface area contributed by atoms with Crippen LogP contribution in [0.3, 0.4) is 0 Å². The van der Waals surface area contributed by atoms with Crippen LogP contribution >= 0.6 is 0 Å². The molecule has 0 radical (unpaired) electrons. The van der Waals surface area contributed by atoms with Gasteiger partial charge in [-0.05, 0) is 37.0 Å². The zero-order valence-electron chi connectivity index (χ0n) is 11.8. The summed E-state index contributed by atoms with van der Waals surface area (Å²) in [6, 6.07) is 0. The molecule has 1 saturated carbocycles. The summed E-state index contributed by atoms with van der Waals surface area (Å²) in [5, 5.41) is 0. The number of hydrogen-bond donors (Lipinski definition) is 0. The van der Waals surface area contributed by atoms with Gasteiger partial charge in [-0.15, -0.1) is 6.58 Å². The number of ether oxygens (including phenoxy) is 1. The third-order valence-corrected chi connectivity index (χ3v) is 3.60. The predicted molar refractivity (Wildman–Crippen MR) is 75.2 cm³/mol. The summed E-state index contributed by atoms with van der Waals surface area (Å²) in [4.78, 5) is 11.7. The van der Waals surface area contributed by atoms with E-state index in [-0.39, 0.29) is 5.97 Å². The van der Waals surface area contributed by atoms with Crippen LogP contribution in [0.25, 0.3) is 0 Å². The van der Waals surface area contributed by atoms with Crippen molar-refractivity contribution in [1.82, 2.24) is 0 Å².